The van der Waals surface area contributed by atoms with Gasteiger partial charge in [0.2, 0.25) is 10.0 Å². The molecule has 1 aliphatic carbocycles. The van der Waals surface area contributed by atoms with Crippen LogP contribution in [-0.4, -0.2) is 39.1 Å². The van der Waals surface area contributed by atoms with Crippen LogP contribution in [0.3, 0.4) is 0 Å². The summed E-state index contributed by atoms with van der Waals surface area (Å²) in [6.07, 6.45) is 7.00. The summed E-state index contributed by atoms with van der Waals surface area (Å²) in [5.74, 6) is 0.361. The molecule has 0 bridgehead atoms. The van der Waals surface area contributed by atoms with Gasteiger partial charge in [-0.25, -0.2) is 23.1 Å². The van der Waals surface area contributed by atoms with E-state index in [9.17, 15) is 8.42 Å². The maximum absolute atomic E-state index is 12.4. The Balaban J connectivity index is 1.46. The number of hydrogen-bond acceptors (Lipinski definition) is 5. The Morgan fingerprint density at radius 3 is 2.48 bits per heavy atom. The normalized spacial score (nSPS) is 20.8. The van der Waals surface area contributed by atoms with Crippen LogP contribution in [0.1, 0.15) is 58.1 Å². The van der Waals surface area contributed by atoms with Crippen molar-refractivity contribution in [3.63, 3.8) is 0 Å². The number of sulfonamides is 1. The first kappa shape index (κ1) is 20.0. The maximum atomic E-state index is 12.4. The van der Waals surface area contributed by atoms with Crippen LogP contribution in [0.15, 0.2) is 36.7 Å². The summed E-state index contributed by atoms with van der Waals surface area (Å²) >= 11 is 0. The van der Waals surface area contributed by atoms with E-state index in [1.54, 1.807) is 33.2 Å². The van der Waals surface area contributed by atoms with E-state index >= 15 is 0 Å². The highest BCUT2D eigenvalue weighted by atomic mass is 32.2. The van der Waals surface area contributed by atoms with Crippen LogP contribution in [0, 0.1) is 0 Å². The molecule has 0 aromatic carbocycles. The van der Waals surface area contributed by atoms with Crippen molar-refractivity contribution < 1.29 is 8.42 Å². The second-order valence-corrected chi connectivity index (χ2v) is 11.2. The molecule has 8 heteroatoms. The van der Waals surface area contributed by atoms with Gasteiger partial charge in [0.05, 0.1) is 16.6 Å². The van der Waals surface area contributed by atoms with Crippen LogP contribution in [0.4, 0.5) is 0 Å². The van der Waals surface area contributed by atoms with Crippen molar-refractivity contribution in [1.29, 1.82) is 0 Å². The minimum atomic E-state index is -3.31. The minimum absolute atomic E-state index is 0.00635. The number of aromatic nitrogens is 4. The lowest BCUT2D eigenvalue weighted by Crippen LogP contribution is -2.45. The molecule has 3 heterocycles. The number of rotatable bonds is 4. The summed E-state index contributed by atoms with van der Waals surface area (Å²) in [4.78, 5) is 17.0. The van der Waals surface area contributed by atoms with Gasteiger partial charge in [-0.2, -0.15) is 0 Å². The van der Waals surface area contributed by atoms with Crippen molar-refractivity contribution in [2.45, 2.75) is 63.2 Å². The zero-order valence-electron chi connectivity index (χ0n) is 17.0. The number of pyridine rings is 1. The van der Waals surface area contributed by atoms with E-state index in [4.69, 9.17) is 4.98 Å². The largest absolute Gasteiger partial charge is 0.342 e. The monoisotopic (exact) mass is 413 g/mol. The van der Waals surface area contributed by atoms with Gasteiger partial charge in [-0.15, -0.1) is 0 Å². The van der Waals surface area contributed by atoms with Crippen LogP contribution in [0.5, 0.6) is 0 Å². The second kappa shape index (κ2) is 7.50. The quantitative estimate of drug-likeness (QED) is 0.678. The third-order valence-corrected chi connectivity index (χ3v) is 7.83. The fourth-order valence-electron chi connectivity index (χ4n) is 3.70. The van der Waals surface area contributed by atoms with Gasteiger partial charge in [0.15, 0.2) is 5.65 Å². The van der Waals surface area contributed by atoms with Gasteiger partial charge in [-0.05, 0) is 70.6 Å². The number of hydrogen-bond donors (Lipinski definition) is 2. The fraction of sp³-hybridized carbons (Fsp3) is 0.476. The lowest BCUT2D eigenvalue weighted by atomic mass is 9.84. The van der Waals surface area contributed by atoms with Crippen molar-refractivity contribution in [2.24, 2.45) is 0 Å². The molecule has 0 unspecified atom stereocenters. The summed E-state index contributed by atoms with van der Waals surface area (Å²) in [5.41, 5.74) is 4.28. The standard InChI is InChI=1S/C21H27N5O2S/c1-21(2,3)29(27,28)26-15-9-7-14(8-10-15)17-12-18-20(25-17)23-13-19(24-18)16-6-4-5-11-22-16/h4-6,11-15,26H,7-10H2,1-3H3,(H,23,25)/t14-,15-. The Hall–Kier alpha value is -2.32. The fourth-order valence-corrected chi connectivity index (χ4v) is 4.72. The number of fused-ring (bicyclic) bond motifs is 1. The first-order valence-corrected chi connectivity index (χ1v) is 11.5. The molecule has 0 spiro atoms. The third-order valence-electron chi connectivity index (χ3n) is 5.58. The van der Waals surface area contributed by atoms with Gasteiger partial charge < -0.3 is 4.98 Å². The van der Waals surface area contributed by atoms with Gasteiger partial charge in [0.25, 0.3) is 0 Å². The molecule has 1 saturated carbocycles. The minimum Gasteiger partial charge on any atom is -0.342 e. The first-order chi connectivity index (χ1) is 13.7. The van der Waals surface area contributed by atoms with Crippen molar-refractivity contribution in [3.05, 3.63) is 42.4 Å². The van der Waals surface area contributed by atoms with E-state index < -0.39 is 14.8 Å². The highest BCUT2D eigenvalue weighted by molar-refractivity contribution is 7.90. The number of nitrogens with one attached hydrogen (secondary N) is 2. The molecule has 154 valence electrons. The zero-order valence-corrected chi connectivity index (χ0v) is 17.8. The van der Waals surface area contributed by atoms with Crippen LogP contribution < -0.4 is 4.72 Å². The van der Waals surface area contributed by atoms with Crippen LogP contribution in [-0.2, 0) is 10.0 Å². The van der Waals surface area contributed by atoms with Gasteiger partial charge in [-0.1, -0.05) is 6.07 Å². The van der Waals surface area contributed by atoms with Gasteiger partial charge in [0.1, 0.15) is 11.2 Å². The number of H-pyrrole nitrogens is 1. The highest BCUT2D eigenvalue weighted by Crippen LogP contribution is 2.34. The molecule has 1 aliphatic rings. The molecule has 3 aromatic rings. The second-order valence-electron chi connectivity index (χ2n) is 8.71. The molecule has 0 radical (unpaired) electrons. The molecular formula is C21H27N5O2S. The maximum Gasteiger partial charge on any atom is 0.216 e. The molecule has 0 atom stereocenters. The summed E-state index contributed by atoms with van der Waals surface area (Å²) in [6.45, 7) is 5.18. The predicted molar refractivity (Wildman–Crippen MR) is 114 cm³/mol. The Morgan fingerprint density at radius 2 is 1.83 bits per heavy atom. The molecule has 3 aromatic heterocycles. The molecular weight excluding hydrogens is 386 g/mol. The van der Waals surface area contributed by atoms with E-state index in [2.05, 4.69) is 25.7 Å². The van der Waals surface area contributed by atoms with Crippen LogP contribution in [0.25, 0.3) is 22.6 Å². The van der Waals surface area contributed by atoms with Gasteiger partial charge in [-0.3, -0.25) is 4.98 Å². The molecule has 7 nitrogen and oxygen atoms in total. The lowest BCUT2D eigenvalue weighted by Gasteiger charge is -2.31. The molecule has 2 N–H and O–H groups in total. The first-order valence-electron chi connectivity index (χ1n) is 10.0. The van der Waals surface area contributed by atoms with E-state index in [0.29, 0.717) is 5.92 Å². The smallest absolute Gasteiger partial charge is 0.216 e. The molecule has 0 aliphatic heterocycles. The molecule has 0 amide bonds. The number of nitrogens with zero attached hydrogens (tertiary/aromatic N) is 3. The van der Waals surface area contributed by atoms with E-state index in [0.717, 1.165) is 53.9 Å². The average molecular weight is 414 g/mol. The lowest BCUT2D eigenvalue weighted by molar-refractivity contribution is 0.368. The highest BCUT2D eigenvalue weighted by Gasteiger charge is 2.33. The van der Waals surface area contributed by atoms with E-state index in [1.807, 2.05) is 18.2 Å². The molecule has 29 heavy (non-hydrogen) atoms. The predicted octanol–water partition coefficient (Wildman–Crippen LogP) is 3.76. The van der Waals surface area contributed by atoms with Gasteiger partial charge >= 0.3 is 0 Å². The summed E-state index contributed by atoms with van der Waals surface area (Å²) in [7, 11) is -3.31. The third kappa shape index (κ3) is 4.18. The summed E-state index contributed by atoms with van der Waals surface area (Å²) in [6, 6.07) is 7.81. The van der Waals surface area contributed by atoms with Gasteiger partial charge in [0, 0.05) is 17.9 Å². The Kier molecular flexibility index (Phi) is 5.16. The van der Waals surface area contributed by atoms with Crippen LogP contribution >= 0.6 is 0 Å². The van der Waals surface area contributed by atoms with E-state index in [1.165, 1.54) is 0 Å². The Labute approximate surface area is 171 Å². The van der Waals surface area contributed by atoms with Crippen molar-refractivity contribution >= 4 is 21.2 Å². The van der Waals surface area contributed by atoms with E-state index in [-0.39, 0.29) is 6.04 Å². The Bertz CT molecular complexity index is 1100. The number of aromatic amines is 1. The summed E-state index contributed by atoms with van der Waals surface area (Å²) in [5, 5.41) is 0. The topological polar surface area (TPSA) is 101 Å². The molecule has 4 rings (SSSR count). The Morgan fingerprint density at radius 1 is 1.07 bits per heavy atom. The summed E-state index contributed by atoms with van der Waals surface area (Å²) < 4.78 is 26.9. The van der Waals surface area contributed by atoms with Crippen molar-refractivity contribution in [1.82, 2.24) is 24.7 Å². The average Bonchev–Trinajstić information content (AvgIpc) is 3.11. The molecule has 0 saturated heterocycles. The SMILES string of the molecule is CC(C)(C)S(=O)(=O)N[C@H]1CC[C@H](c2cc3nc(-c4ccccn4)cnc3[nH]2)CC1. The van der Waals surface area contributed by atoms with Crippen molar-refractivity contribution in [2.75, 3.05) is 0 Å². The van der Waals surface area contributed by atoms with Crippen LogP contribution in [0.2, 0.25) is 0 Å². The zero-order chi connectivity index (χ0) is 20.6. The molecule has 1 fully saturated rings. The van der Waals surface area contributed by atoms with Crippen molar-refractivity contribution in [3.8, 4) is 11.4 Å².